The Hall–Kier alpha value is -3.76. The number of anilines is 3. The summed E-state index contributed by atoms with van der Waals surface area (Å²) in [6.07, 6.45) is 4.75. The third kappa shape index (κ3) is 5.81. The lowest BCUT2D eigenvalue weighted by molar-refractivity contribution is -0.139. The molecule has 3 aliphatic rings. The Balaban J connectivity index is 1.49. The minimum atomic E-state index is -0.814. The quantitative estimate of drug-likeness (QED) is 0.279. The summed E-state index contributed by atoms with van der Waals surface area (Å²) in [4.78, 5) is 50.6. The Labute approximate surface area is 276 Å². The molecule has 3 aliphatic heterocycles. The average Bonchev–Trinajstić information content (AvgIpc) is 3.71. The van der Waals surface area contributed by atoms with Crippen LogP contribution in [0.3, 0.4) is 0 Å². The first-order valence-corrected chi connectivity index (χ1v) is 17.2. The van der Waals surface area contributed by atoms with Gasteiger partial charge in [0.2, 0.25) is 11.8 Å². The number of hydrogen-bond donors (Lipinski definition) is 1. The molecule has 0 aliphatic carbocycles. The third-order valence-electron chi connectivity index (χ3n) is 9.56. The van der Waals surface area contributed by atoms with Crippen LogP contribution in [0.25, 0.3) is 0 Å². The van der Waals surface area contributed by atoms with Crippen LogP contribution in [0.2, 0.25) is 0 Å². The van der Waals surface area contributed by atoms with E-state index in [1.165, 1.54) is 4.90 Å². The maximum absolute atomic E-state index is 14.7. The fourth-order valence-electron chi connectivity index (χ4n) is 7.61. The molecule has 2 aromatic rings. The molecular weight excluding hydrogens is 600 g/mol. The van der Waals surface area contributed by atoms with Crippen molar-refractivity contribution in [1.82, 2.24) is 4.90 Å². The van der Waals surface area contributed by atoms with Gasteiger partial charge in [-0.25, -0.2) is 0 Å². The summed E-state index contributed by atoms with van der Waals surface area (Å²) < 4.78 is 4.82. The monoisotopic (exact) mass is 646 g/mol. The van der Waals surface area contributed by atoms with Crippen molar-refractivity contribution in [1.29, 1.82) is 0 Å². The molecule has 1 N–H and O–H groups in total. The Morgan fingerprint density at radius 3 is 2.07 bits per heavy atom. The summed E-state index contributed by atoms with van der Waals surface area (Å²) in [5.41, 5.74) is 2.49. The first kappa shape index (κ1) is 33.6. The van der Waals surface area contributed by atoms with Crippen molar-refractivity contribution in [3.63, 3.8) is 0 Å². The molecule has 0 radical (unpaired) electrons. The van der Waals surface area contributed by atoms with Gasteiger partial charge < -0.3 is 29.4 Å². The number of fused-ring (bicyclic) bond motifs is 1. The summed E-state index contributed by atoms with van der Waals surface area (Å²) in [7, 11) is 0. The van der Waals surface area contributed by atoms with E-state index in [1.807, 2.05) is 55.5 Å². The van der Waals surface area contributed by atoms with Crippen LogP contribution < -0.4 is 19.4 Å². The highest BCUT2D eigenvalue weighted by atomic mass is 32.2. The van der Waals surface area contributed by atoms with E-state index in [9.17, 15) is 19.5 Å². The third-order valence-corrected chi connectivity index (χ3v) is 11.5. The number of amides is 3. The normalized spacial score (nSPS) is 24.4. The zero-order valence-electron chi connectivity index (χ0n) is 27.1. The molecule has 3 heterocycles. The van der Waals surface area contributed by atoms with E-state index >= 15 is 0 Å². The minimum absolute atomic E-state index is 0.0255. The molecule has 9 nitrogen and oxygen atoms in total. The van der Waals surface area contributed by atoms with E-state index in [0.29, 0.717) is 24.5 Å². The van der Waals surface area contributed by atoms with Gasteiger partial charge in [-0.3, -0.25) is 14.4 Å². The van der Waals surface area contributed by atoms with Crippen molar-refractivity contribution >= 4 is 46.5 Å². The second-order valence-corrected chi connectivity index (χ2v) is 13.5. The van der Waals surface area contributed by atoms with Gasteiger partial charge in [0.25, 0.3) is 5.91 Å². The average molecular weight is 647 g/mol. The van der Waals surface area contributed by atoms with Gasteiger partial charge in [0.05, 0.1) is 29.8 Å². The number of likely N-dealkylation sites (tertiary alicyclic amines) is 1. The molecule has 0 saturated carbocycles. The number of ether oxygens (including phenoxy) is 1. The smallest absolute Gasteiger partial charge is 0.251 e. The second kappa shape index (κ2) is 14.3. The maximum Gasteiger partial charge on any atom is 0.251 e. The fourth-order valence-corrected chi connectivity index (χ4v) is 9.82. The Morgan fingerprint density at radius 2 is 1.52 bits per heavy atom. The number of hydrogen-bond acceptors (Lipinski definition) is 7. The summed E-state index contributed by atoms with van der Waals surface area (Å²) in [6, 6.07) is 14.5. The molecule has 5 atom stereocenters. The standard InChI is InChI=1S/C36H46N4O5S/c1-6-21-38(27-15-17-28(18-16-27)45-10-5)33(42)30-29-19-20-36(46-29)31(30)34(43)40(23-24-41)32(36)35(44)39(22-7-2)26-13-11-25(12-14-26)37(8-3)9-4/h6-7,11-18,29-32,41H,1-2,8-10,19-24H2,3-5H3/t29-,30+,31-,32?,36?/m0/s1. The van der Waals surface area contributed by atoms with Crippen LogP contribution in [-0.4, -0.2) is 89.7 Å². The molecule has 10 heteroatoms. The van der Waals surface area contributed by atoms with Crippen molar-refractivity contribution in [2.75, 3.05) is 60.6 Å². The van der Waals surface area contributed by atoms with Gasteiger partial charge in [0.15, 0.2) is 0 Å². The van der Waals surface area contributed by atoms with Crippen molar-refractivity contribution in [2.24, 2.45) is 11.8 Å². The van der Waals surface area contributed by atoms with Crippen LogP contribution in [-0.2, 0) is 14.4 Å². The van der Waals surface area contributed by atoms with Crippen molar-refractivity contribution in [3.05, 3.63) is 73.8 Å². The number of benzene rings is 2. The predicted octanol–water partition coefficient (Wildman–Crippen LogP) is 4.75. The lowest BCUT2D eigenvalue weighted by Crippen LogP contribution is -2.55. The van der Waals surface area contributed by atoms with Gasteiger partial charge >= 0.3 is 0 Å². The summed E-state index contributed by atoms with van der Waals surface area (Å²) in [5, 5.41) is 9.97. The Kier molecular flexibility index (Phi) is 10.5. The summed E-state index contributed by atoms with van der Waals surface area (Å²) in [6.45, 7) is 16.5. The van der Waals surface area contributed by atoms with Crippen LogP contribution in [0.1, 0.15) is 33.6 Å². The SMILES string of the molecule is C=CCN(C(=O)C1N(CCO)C(=O)[C@@H]2[C@H](C(=O)N(CC=C)c3ccc(OCC)cc3)[C@@H]3CCC12S3)c1ccc(N(CC)CC)cc1. The molecule has 3 saturated heterocycles. The Morgan fingerprint density at radius 1 is 0.957 bits per heavy atom. The lowest BCUT2D eigenvalue weighted by Gasteiger charge is -2.37. The summed E-state index contributed by atoms with van der Waals surface area (Å²) in [5.74, 6) is -1.15. The second-order valence-electron chi connectivity index (χ2n) is 11.9. The van der Waals surface area contributed by atoms with Crippen molar-refractivity contribution in [3.8, 4) is 5.75 Å². The molecule has 5 rings (SSSR count). The van der Waals surface area contributed by atoms with Crippen molar-refractivity contribution in [2.45, 2.75) is 49.7 Å². The molecule has 3 fully saturated rings. The Bertz CT molecular complexity index is 1430. The molecule has 2 aromatic carbocycles. The van der Waals surface area contributed by atoms with E-state index in [2.05, 4.69) is 31.9 Å². The number of rotatable bonds is 15. The molecule has 0 aromatic heterocycles. The van der Waals surface area contributed by atoms with Gasteiger partial charge in [-0.2, -0.15) is 0 Å². The minimum Gasteiger partial charge on any atom is -0.494 e. The fraction of sp³-hybridized carbons (Fsp3) is 0.472. The van der Waals surface area contributed by atoms with E-state index < -0.39 is 22.6 Å². The van der Waals surface area contributed by atoms with Crippen LogP contribution >= 0.6 is 11.8 Å². The van der Waals surface area contributed by atoms with Gasteiger partial charge in [-0.15, -0.1) is 24.9 Å². The number of β-amino-alcohol motifs (C(OH)–C–C–N with tert-alkyl or cyclic N) is 1. The maximum atomic E-state index is 14.7. The highest BCUT2D eigenvalue weighted by molar-refractivity contribution is 8.02. The number of carbonyl (C=O) groups excluding carboxylic acids is 3. The van der Waals surface area contributed by atoms with Crippen LogP contribution in [0.4, 0.5) is 17.1 Å². The molecule has 3 amide bonds. The molecule has 1 spiro atoms. The highest BCUT2D eigenvalue weighted by Gasteiger charge is 2.74. The number of carbonyl (C=O) groups is 3. The van der Waals surface area contributed by atoms with Crippen LogP contribution in [0.5, 0.6) is 5.75 Å². The largest absolute Gasteiger partial charge is 0.494 e. The predicted molar refractivity (Wildman–Crippen MR) is 186 cm³/mol. The number of thioether (sulfide) groups is 1. The van der Waals surface area contributed by atoms with Crippen LogP contribution in [0.15, 0.2) is 73.8 Å². The van der Waals surface area contributed by atoms with Crippen LogP contribution in [0, 0.1) is 11.8 Å². The molecule has 46 heavy (non-hydrogen) atoms. The van der Waals surface area contributed by atoms with Gasteiger partial charge in [-0.05, 0) is 82.1 Å². The number of nitrogens with zero attached hydrogens (tertiary/aromatic N) is 4. The molecule has 2 unspecified atom stereocenters. The van der Waals surface area contributed by atoms with Gasteiger partial charge in [0, 0.05) is 55.0 Å². The van der Waals surface area contributed by atoms with Gasteiger partial charge in [0.1, 0.15) is 11.8 Å². The zero-order chi connectivity index (χ0) is 33.0. The first-order valence-electron chi connectivity index (χ1n) is 16.3. The lowest BCUT2D eigenvalue weighted by atomic mass is 9.70. The molecule has 2 bridgehead atoms. The number of aliphatic hydroxyl groups is 1. The molecular formula is C36H46N4O5S. The van der Waals surface area contributed by atoms with E-state index in [1.54, 1.807) is 33.7 Å². The first-order chi connectivity index (χ1) is 22.3. The number of aliphatic hydroxyl groups excluding tert-OH is 1. The summed E-state index contributed by atoms with van der Waals surface area (Å²) >= 11 is 1.62. The van der Waals surface area contributed by atoms with Crippen molar-refractivity contribution < 1.29 is 24.2 Å². The van der Waals surface area contributed by atoms with E-state index in [0.717, 1.165) is 30.9 Å². The zero-order valence-corrected chi connectivity index (χ0v) is 28.0. The van der Waals surface area contributed by atoms with E-state index in [4.69, 9.17) is 4.74 Å². The van der Waals surface area contributed by atoms with Gasteiger partial charge in [-0.1, -0.05) is 12.2 Å². The topological polar surface area (TPSA) is 93.6 Å². The molecule has 246 valence electrons. The highest BCUT2D eigenvalue weighted by Crippen LogP contribution is 2.66. The van der Waals surface area contributed by atoms with E-state index in [-0.39, 0.29) is 49.2 Å².